The van der Waals surface area contributed by atoms with E-state index in [1.807, 2.05) is 42.5 Å². The Bertz CT molecular complexity index is 985. The van der Waals surface area contributed by atoms with Crippen LogP contribution < -0.4 is 4.74 Å². The maximum Gasteiger partial charge on any atom is 0.258 e. The molecule has 0 unspecified atom stereocenters. The Morgan fingerprint density at radius 1 is 1.05 bits per heavy atom. The molecule has 0 bridgehead atoms. The molecular formula is C15H13N5O2. The number of methoxy groups -OCH3 is 1. The van der Waals surface area contributed by atoms with E-state index < -0.39 is 0 Å². The summed E-state index contributed by atoms with van der Waals surface area (Å²) in [5, 5.41) is 8.06. The number of ether oxygens (including phenoxy) is 1. The third-order valence-corrected chi connectivity index (χ3v) is 3.63. The number of benzene rings is 1. The molecule has 3 heterocycles. The van der Waals surface area contributed by atoms with Gasteiger partial charge in [-0.05, 0) is 38.1 Å². The quantitative estimate of drug-likeness (QED) is 0.565. The number of fused-ring (bicyclic) bond motifs is 2. The Balaban J connectivity index is 1.92. The van der Waals surface area contributed by atoms with Crippen molar-refractivity contribution in [3.05, 3.63) is 35.8 Å². The molecule has 0 aliphatic heterocycles. The van der Waals surface area contributed by atoms with Crippen LogP contribution in [-0.2, 0) is 0 Å². The van der Waals surface area contributed by atoms with Crippen molar-refractivity contribution in [1.82, 2.24) is 24.6 Å². The molecule has 3 aromatic heterocycles. The molecule has 0 spiro atoms. The van der Waals surface area contributed by atoms with Crippen molar-refractivity contribution >= 4 is 17.0 Å². The van der Waals surface area contributed by atoms with Crippen LogP contribution >= 0.6 is 0 Å². The van der Waals surface area contributed by atoms with Crippen molar-refractivity contribution in [2.24, 2.45) is 0 Å². The summed E-state index contributed by atoms with van der Waals surface area (Å²) < 4.78 is 12.8. The van der Waals surface area contributed by atoms with E-state index in [0.29, 0.717) is 22.9 Å². The van der Waals surface area contributed by atoms with Crippen LogP contribution in [0.2, 0.25) is 0 Å². The van der Waals surface area contributed by atoms with Crippen molar-refractivity contribution < 1.29 is 9.15 Å². The highest BCUT2D eigenvalue weighted by molar-refractivity contribution is 5.76. The minimum atomic E-state index is 0.461. The van der Waals surface area contributed by atoms with E-state index in [1.165, 1.54) is 0 Å². The summed E-state index contributed by atoms with van der Waals surface area (Å²) >= 11 is 0. The number of oxazole rings is 1. The third kappa shape index (κ3) is 1.75. The summed E-state index contributed by atoms with van der Waals surface area (Å²) in [6, 6.07) is 7.53. The monoisotopic (exact) mass is 295 g/mol. The number of rotatable bonds is 2. The topological polar surface area (TPSA) is 78.3 Å². The zero-order valence-electron chi connectivity index (χ0n) is 12.4. The summed E-state index contributed by atoms with van der Waals surface area (Å²) in [6.45, 7) is 3.83. The first-order chi connectivity index (χ1) is 10.7. The summed E-state index contributed by atoms with van der Waals surface area (Å²) in [7, 11) is 1.63. The van der Waals surface area contributed by atoms with Gasteiger partial charge in [0.15, 0.2) is 0 Å². The van der Waals surface area contributed by atoms with Gasteiger partial charge in [-0.2, -0.15) is 4.98 Å². The zero-order valence-corrected chi connectivity index (χ0v) is 12.4. The molecule has 0 atom stereocenters. The normalized spacial score (nSPS) is 11.4. The second-order valence-corrected chi connectivity index (χ2v) is 4.98. The van der Waals surface area contributed by atoms with E-state index in [1.54, 1.807) is 7.11 Å². The summed E-state index contributed by atoms with van der Waals surface area (Å²) in [6.07, 6.45) is 0. The summed E-state index contributed by atoms with van der Waals surface area (Å²) in [4.78, 5) is 8.94. The van der Waals surface area contributed by atoms with Gasteiger partial charge in [-0.15, -0.1) is 10.2 Å². The average Bonchev–Trinajstić information content (AvgIpc) is 3.12. The van der Waals surface area contributed by atoms with E-state index in [0.717, 1.165) is 22.8 Å². The first-order valence-electron chi connectivity index (χ1n) is 6.80. The van der Waals surface area contributed by atoms with Crippen LogP contribution in [0.1, 0.15) is 11.5 Å². The van der Waals surface area contributed by atoms with Crippen molar-refractivity contribution in [2.75, 3.05) is 7.11 Å². The van der Waals surface area contributed by atoms with Gasteiger partial charge in [0.05, 0.1) is 12.8 Å². The van der Waals surface area contributed by atoms with Crippen LogP contribution in [0, 0.1) is 13.8 Å². The molecule has 0 aliphatic carbocycles. The highest BCUT2D eigenvalue weighted by Gasteiger charge is 2.16. The lowest BCUT2D eigenvalue weighted by molar-refractivity contribution is 0.415. The van der Waals surface area contributed by atoms with Crippen LogP contribution in [0.5, 0.6) is 5.75 Å². The molecule has 0 fully saturated rings. The van der Waals surface area contributed by atoms with Crippen LogP contribution in [0.4, 0.5) is 0 Å². The Morgan fingerprint density at radius 2 is 1.82 bits per heavy atom. The van der Waals surface area contributed by atoms with Gasteiger partial charge < -0.3 is 9.15 Å². The molecule has 7 heteroatoms. The molecule has 0 saturated heterocycles. The molecule has 0 saturated carbocycles. The van der Waals surface area contributed by atoms with Crippen LogP contribution in [0.3, 0.4) is 0 Å². The van der Waals surface area contributed by atoms with Gasteiger partial charge in [0.25, 0.3) is 11.5 Å². The fourth-order valence-corrected chi connectivity index (χ4v) is 2.49. The van der Waals surface area contributed by atoms with Gasteiger partial charge in [0.2, 0.25) is 5.89 Å². The van der Waals surface area contributed by atoms with Crippen LogP contribution in [0.15, 0.2) is 28.7 Å². The molecule has 0 aliphatic rings. The Hall–Kier alpha value is -2.96. The fourth-order valence-electron chi connectivity index (χ4n) is 2.49. The highest BCUT2D eigenvalue weighted by Crippen LogP contribution is 2.27. The van der Waals surface area contributed by atoms with Gasteiger partial charge >= 0.3 is 0 Å². The average molecular weight is 295 g/mol. The van der Waals surface area contributed by atoms with Gasteiger partial charge in [-0.3, -0.25) is 4.40 Å². The molecular weight excluding hydrogens is 282 g/mol. The number of hydrogen-bond acceptors (Lipinski definition) is 6. The molecule has 4 rings (SSSR count). The number of aryl methyl sites for hydroxylation is 2. The minimum Gasteiger partial charge on any atom is -0.497 e. The van der Waals surface area contributed by atoms with Crippen molar-refractivity contribution in [2.45, 2.75) is 13.8 Å². The number of nitrogens with zero attached hydrogens (tertiary/aromatic N) is 5. The SMILES string of the molecule is COc1ccc(-c2nc3c(C)n4c(C)nnc4nc3o2)cc1. The van der Waals surface area contributed by atoms with E-state index >= 15 is 0 Å². The predicted molar refractivity (Wildman–Crippen MR) is 79.8 cm³/mol. The van der Waals surface area contributed by atoms with E-state index in [4.69, 9.17) is 9.15 Å². The van der Waals surface area contributed by atoms with E-state index in [9.17, 15) is 0 Å². The second-order valence-electron chi connectivity index (χ2n) is 4.98. The lowest BCUT2D eigenvalue weighted by Crippen LogP contribution is -1.97. The molecule has 0 amide bonds. The lowest BCUT2D eigenvalue weighted by Gasteiger charge is -1.99. The van der Waals surface area contributed by atoms with E-state index in [-0.39, 0.29) is 0 Å². The van der Waals surface area contributed by atoms with E-state index in [2.05, 4.69) is 20.2 Å². The van der Waals surface area contributed by atoms with Crippen LogP contribution in [-0.4, -0.2) is 31.7 Å². The molecule has 110 valence electrons. The first-order valence-corrected chi connectivity index (χ1v) is 6.80. The molecule has 0 radical (unpaired) electrons. The van der Waals surface area contributed by atoms with Crippen molar-refractivity contribution in [3.63, 3.8) is 0 Å². The smallest absolute Gasteiger partial charge is 0.258 e. The third-order valence-electron chi connectivity index (χ3n) is 3.63. The van der Waals surface area contributed by atoms with Gasteiger partial charge in [-0.25, -0.2) is 4.98 Å². The maximum absolute atomic E-state index is 5.78. The highest BCUT2D eigenvalue weighted by atomic mass is 16.5. The largest absolute Gasteiger partial charge is 0.497 e. The van der Waals surface area contributed by atoms with Gasteiger partial charge in [0, 0.05) is 5.56 Å². The molecule has 7 nitrogen and oxygen atoms in total. The number of hydrogen-bond donors (Lipinski definition) is 0. The Labute approximate surface area is 125 Å². The first kappa shape index (κ1) is 12.8. The van der Waals surface area contributed by atoms with Gasteiger partial charge in [0.1, 0.15) is 17.1 Å². The van der Waals surface area contributed by atoms with Crippen molar-refractivity contribution in [3.8, 4) is 17.2 Å². The van der Waals surface area contributed by atoms with Crippen LogP contribution in [0.25, 0.3) is 28.5 Å². The minimum absolute atomic E-state index is 0.461. The molecule has 0 N–H and O–H groups in total. The Kier molecular flexibility index (Phi) is 2.62. The lowest BCUT2D eigenvalue weighted by atomic mass is 10.2. The Morgan fingerprint density at radius 3 is 2.55 bits per heavy atom. The maximum atomic E-state index is 5.78. The van der Waals surface area contributed by atoms with Gasteiger partial charge in [-0.1, -0.05) is 0 Å². The number of aromatic nitrogens is 5. The predicted octanol–water partition coefficient (Wildman–Crippen LogP) is 2.56. The molecule has 1 aromatic carbocycles. The van der Waals surface area contributed by atoms with Crippen molar-refractivity contribution in [1.29, 1.82) is 0 Å². The fraction of sp³-hybridized carbons (Fsp3) is 0.200. The molecule has 22 heavy (non-hydrogen) atoms. The summed E-state index contributed by atoms with van der Waals surface area (Å²) in [5.74, 6) is 2.59. The summed E-state index contributed by atoms with van der Waals surface area (Å²) in [5.41, 5.74) is 2.95. The molecule has 4 aromatic rings. The zero-order chi connectivity index (χ0) is 15.3. The standard InChI is InChI=1S/C15H13N5O2/c1-8-12-14(17-15-19-18-9(2)20(8)15)22-13(16-12)10-4-6-11(21-3)7-5-10/h4-7H,1-3H3. The second kappa shape index (κ2) is 4.52.